The van der Waals surface area contributed by atoms with Crippen LogP contribution in [-0.2, 0) is 0 Å². The molecule has 1 atom stereocenters. The van der Waals surface area contributed by atoms with Crippen molar-refractivity contribution in [2.75, 3.05) is 7.05 Å². The van der Waals surface area contributed by atoms with Crippen LogP contribution in [0.1, 0.15) is 35.5 Å². The maximum atomic E-state index is 13.8. The molecule has 1 N–H and O–H groups in total. The van der Waals surface area contributed by atoms with Crippen LogP contribution in [0.5, 0.6) is 0 Å². The molecule has 0 aliphatic rings. The van der Waals surface area contributed by atoms with E-state index in [0.29, 0.717) is 5.56 Å². The van der Waals surface area contributed by atoms with E-state index in [2.05, 4.69) is 10.3 Å². The monoisotopic (exact) mass is 261 g/mol. The van der Waals surface area contributed by atoms with E-state index in [1.165, 1.54) is 0 Å². The number of nitrogens with one attached hydrogen (secondary N) is 1. The topological polar surface area (TPSA) is 29.9 Å². The van der Waals surface area contributed by atoms with Crippen molar-refractivity contribution in [2.24, 2.45) is 0 Å². The summed E-state index contributed by atoms with van der Waals surface area (Å²) in [5.74, 6) is -0.171. The number of rotatable bonds is 3. The summed E-state index contributed by atoms with van der Waals surface area (Å²) in [5.41, 5.74) is 4.64. The van der Waals surface area contributed by atoms with Gasteiger partial charge in [-0.1, -0.05) is 0 Å². The van der Waals surface area contributed by atoms with Crippen molar-refractivity contribution in [1.29, 1.82) is 0 Å². The zero-order valence-corrected chi connectivity index (χ0v) is 12.1. The van der Waals surface area contributed by atoms with Gasteiger partial charge in [-0.05, 0) is 58.0 Å². The molecule has 2 rings (SSSR count). The van der Waals surface area contributed by atoms with Gasteiger partial charge in [-0.2, -0.15) is 0 Å². The highest BCUT2D eigenvalue weighted by molar-refractivity contribution is 5.47. The lowest BCUT2D eigenvalue weighted by molar-refractivity contribution is 0.598. The van der Waals surface area contributed by atoms with Crippen molar-refractivity contribution in [3.8, 4) is 5.69 Å². The van der Waals surface area contributed by atoms with E-state index in [1.807, 2.05) is 38.5 Å². The molecule has 19 heavy (non-hydrogen) atoms. The fourth-order valence-electron chi connectivity index (χ4n) is 2.13. The van der Waals surface area contributed by atoms with Gasteiger partial charge >= 0.3 is 0 Å². The van der Waals surface area contributed by atoms with E-state index in [0.717, 1.165) is 22.6 Å². The molecule has 0 saturated carbocycles. The van der Waals surface area contributed by atoms with Crippen LogP contribution in [0.2, 0.25) is 0 Å². The molecule has 0 amide bonds. The Hall–Kier alpha value is -1.68. The van der Waals surface area contributed by atoms with E-state index in [1.54, 1.807) is 19.3 Å². The van der Waals surface area contributed by atoms with Crippen molar-refractivity contribution in [1.82, 2.24) is 14.9 Å². The molecule has 0 fully saturated rings. The number of imidazole rings is 1. The number of nitrogens with zero attached hydrogens (tertiary/aromatic N) is 2. The molecule has 1 heterocycles. The lowest BCUT2D eigenvalue weighted by Crippen LogP contribution is -2.16. The smallest absolute Gasteiger partial charge is 0.126 e. The zero-order valence-electron chi connectivity index (χ0n) is 12.1. The molecule has 0 saturated heterocycles. The number of aryl methyl sites for hydroxylation is 2. The van der Waals surface area contributed by atoms with E-state index >= 15 is 0 Å². The summed E-state index contributed by atoms with van der Waals surface area (Å²) in [6.45, 7) is 7.80. The van der Waals surface area contributed by atoms with Crippen LogP contribution in [0.4, 0.5) is 4.39 Å². The maximum absolute atomic E-state index is 13.8. The molecule has 0 aliphatic heterocycles. The molecule has 0 bridgehead atoms. The maximum Gasteiger partial charge on any atom is 0.126 e. The van der Waals surface area contributed by atoms with E-state index in [9.17, 15) is 4.39 Å². The molecular formula is C15H20FN3. The number of hydrogen-bond acceptors (Lipinski definition) is 2. The summed E-state index contributed by atoms with van der Waals surface area (Å²) in [6.07, 6.45) is 1.79. The second kappa shape index (κ2) is 5.13. The third-order valence-electron chi connectivity index (χ3n) is 3.72. The van der Waals surface area contributed by atoms with Crippen molar-refractivity contribution in [3.63, 3.8) is 0 Å². The molecule has 1 aromatic carbocycles. The normalized spacial score (nSPS) is 12.7. The Kier molecular flexibility index (Phi) is 3.71. The summed E-state index contributed by atoms with van der Waals surface area (Å²) in [7, 11) is 1.87. The first-order chi connectivity index (χ1) is 8.95. The molecule has 3 nitrogen and oxygen atoms in total. The molecule has 102 valence electrons. The minimum Gasteiger partial charge on any atom is -0.313 e. The lowest BCUT2D eigenvalue weighted by Gasteiger charge is -2.18. The van der Waals surface area contributed by atoms with E-state index < -0.39 is 0 Å². The highest BCUT2D eigenvalue weighted by Gasteiger charge is 2.15. The van der Waals surface area contributed by atoms with Crippen LogP contribution < -0.4 is 5.32 Å². The van der Waals surface area contributed by atoms with E-state index in [-0.39, 0.29) is 11.9 Å². The standard InChI is InChI=1S/C15H20FN3/c1-9-6-15(19-8-18-10(2)12(19)4)13(7-14(9)16)11(3)17-5/h6-8,11,17H,1-5H3. The predicted molar refractivity (Wildman–Crippen MR) is 75.2 cm³/mol. The fraction of sp³-hybridized carbons (Fsp3) is 0.400. The minimum absolute atomic E-state index is 0.0761. The Labute approximate surface area is 113 Å². The molecule has 1 unspecified atom stereocenters. The van der Waals surface area contributed by atoms with Crippen molar-refractivity contribution < 1.29 is 4.39 Å². The largest absolute Gasteiger partial charge is 0.313 e. The molecular weight excluding hydrogens is 241 g/mol. The summed E-state index contributed by atoms with van der Waals surface area (Å²) < 4.78 is 15.8. The summed E-state index contributed by atoms with van der Waals surface area (Å²) in [5, 5.41) is 3.16. The van der Waals surface area contributed by atoms with Gasteiger partial charge in [0.25, 0.3) is 0 Å². The van der Waals surface area contributed by atoms with Gasteiger partial charge in [-0.15, -0.1) is 0 Å². The fourth-order valence-corrected chi connectivity index (χ4v) is 2.13. The van der Waals surface area contributed by atoms with Crippen LogP contribution in [0.15, 0.2) is 18.5 Å². The zero-order chi connectivity index (χ0) is 14.2. The van der Waals surface area contributed by atoms with Crippen LogP contribution in [0, 0.1) is 26.6 Å². The second-order valence-electron chi connectivity index (χ2n) is 4.96. The first-order valence-corrected chi connectivity index (χ1v) is 6.44. The van der Waals surface area contributed by atoms with Crippen LogP contribution >= 0.6 is 0 Å². The van der Waals surface area contributed by atoms with Gasteiger partial charge in [0, 0.05) is 11.7 Å². The summed E-state index contributed by atoms with van der Waals surface area (Å²) in [6, 6.07) is 3.57. The molecule has 1 aromatic heterocycles. The van der Waals surface area contributed by atoms with Gasteiger partial charge < -0.3 is 9.88 Å². The van der Waals surface area contributed by atoms with E-state index in [4.69, 9.17) is 0 Å². The second-order valence-corrected chi connectivity index (χ2v) is 4.96. The number of halogens is 1. The highest BCUT2D eigenvalue weighted by Crippen LogP contribution is 2.26. The highest BCUT2D eigenvalue weighted by atomic mass is 19.1. The van der Waals surface area contributed by atoms with Gasteiger partial charge in [0.2, 0.25) is 0 Å². The van der Waals surface area contributed by atoms with Gasteiger partial charge in [0.15, 0.2) is 0 Å². The third kappa shape index (κ3) is 2.40. The minimum atomic E-state index is -0.171. The lowest BCUT2D eigenvalue weighted by atomic mass is 10.0. The van der Waals surface area contributed by atoms with Gasteiger partial charge in [0.05, 0.1) is 17.7 Å². The summed E-state index contributed by atoms with van der Waals surface area (Å²) in [4.78, 5) is 4.32. The number of aromatic nitrogens is 2. The molecule has 0 spiro atoms. The first-order valence-electron chi connectivity index (χ1n) is 6.44. The Balaban J connectivity index is 2.67. The third-order valence-corrected chi connectivity index (χ3v) is 3.72. The van der Waals surface area contributed by atoms with Gasteiger partial charge in [0.1, 0.15) is 5.82 Å². The molecule has 4 heteroatoms. The van der Waals surface area contributed by atoms with Gasteiger partial charge in [-0.3, -0.25) is 0 Å². The van der Waals surface area contributed by atoms with Crippen molar-refractivity contribution in [2.45, 2.75) is 33.7 Å². The van der Waals surface area contributed by atoms with Gasteiger partial charge in [-0.25, -0.2) is 9.37 Å². The Morgan fingerprint density at radius 3 is 2.47 bits per heavy atom. The number of benzene rings is 1. The summed E-state index contributed by atoms with van der Waals surface area (Å²) >= 11 is 0. The molecule has 0 radical (unpaired) electrons. The average molecular weight is 261 g/mol. The Morgan fingerprint density at radius 1 is 1.26 bits per heavy atom. The van der Waals surface area contributed by atoms with Crippen LogP contribution in [-0.4, -0.2) is 16.6 Å². The van der Waals surface area contributed by atoms with Crippen molar-refractivity contribution in [3.05, 3.63) is 46.8 Å². The predicted octanol–water partition coefficient (Wildman–Crippen LogP) is 3.22. The average Bonchev–Trinajstić information content (AvgIpc) is 2.72. The molecule has 2 aromatic rings. The Bertz CT molecular complexity index is 602. The van der Waals surface area contributed by atoms with Crippen LogP contribution in [0.25, 0.3) is 5.69 Å². The molecule has 0 aliphatic carbocycles. The SMILES string of the molecule is CNC(C)c1cc(F)c(C)cc1-n1cnc(C)c1C. The quantitative estimate of drug-likeness (QED) is 0.919. The van der Waals surface area contributed by atoms with Crippen molar-refractivity contribution >= 4 is 0 Å². The number of hydrogen-bond donors (Lipinski definition) is 1. The van der Waals surface area contributed by atoms with Crippen LogP contribution in [0.3, 0.4) is 0 Å². The Morgan fingerprint density at radius 2 is 1.95 bits per heavy atom. The first kappa shape index (κ1) is 13.7.